The van der Waals surface area contributed by atoms with Crippen molar-refractivity contribution in [2.75, 3.05) is 52.9 Å². The molecule has 0 aromatic rings. The van der Waals surface area contributed by atoms with Crippen LogP contribution in [0.3, 0.4) is 0 Å². The van der Waals surface area contributed by atoms with Gasteiger partial charge in [0.2, 0.25) is 0 Å². The molecule has 31 atom stereocenters. The molecule has 0 radical (unpaired) electrons. The number of aliphatic hydroxyl groups excluding tert-OH is 14. The van der Waals surface area contributed by atoms with Gasteiger partial charge in [-0.2, -0.15) is 0 Å². The molecule has 0 bridgehead atoms. The van der Waals surface area contributed by atoms with Crippen molar-refractivity contribution in [2.45, 2.75) is 220 Å². The molecule has 0 amide bonds. The Kier molecular flexibility index (Phi) is 19.5. The summed E-state index contributed by atoms with van der Waals surface area (Å²) in [5.41, 5.74) is 1.35. The largest absolute Gasteiger partial charge is 0.394 e. The summed E-state index contributed by atoms with van der Waals surface area (Å²) in [6.07, 6.45) is -19.2. The Morgan fingerprint density at radius 1 is 0.580 bits per heavy atom. The van der Waals surface area contributed by atoms with Crippen LogP contribution in [0.4, 0.5) is 0 Å². The van der Waals surface area contributed by atoms with E-state index in [1.54, 1.807) is 0 Å². The highest BCUT2D eigenvalue weighted by Gasteiger charge is 2.69. The summed E-state index contributed by atoms with van der Waals surface area (Å²) in [6, 6.07) is 0. The zero-order chi connectivity index (χ0) is 58.0. The monoisotopic (exact) mass is 1160 g/mol. The lowest BCUT2D eigenvalue weighted by Crippen LogP contribution is -2.65. The molecule has 2 saturated carbocycles. The molecule has 464 valence electrons. The molecule has 25 heteroatoms. The second-order valence-corrected chi connectivity index (χ2v) is 25.5. The first-order valence-corrected chi connectivity index (χ1v) is 29.4. The molecule has 10 rings (SSSR count). The molecular weight excluding hydrogens is 1070 g/mol. The third-order valence-corrected chi connectivity index (χ3v) is 20.7. The minimum absolute atomic E-state index is 0.0494. The van der Waals surface area contributed by atoms with E-state index >= 15 is 0 Å². The predicted molar refractivity (Wildman–Crippen MR) is 274 cm³/mol. The molecule has 0 aromatic heterocycles. The van der Waals surface area contributed by atoms with Gasteiger partial charge in [-0.25, -0.2) is 0 Å². The average Bonchev–Trinajstić information content (AvgIpc) is 3.70. The topological polar surface area (TPSA) is 385 Å². The molecule has 81 heavy (non-hydrogen) atoms. The van der Waals surface area contributed by atoms with Crippen molar-refractivity contribution in [3.63, 3.8) is 0 Å². The van der Waals surface area contributed by atoms with E-state index in [4.69, 9.17) is 52.1 Å². The fraction of sp³-hybridized carbons (Fsp3) is 0.929. The molecule has 8 fully saturated rings. The number of hydrogen-bond acceptors (Lipinski definition) is 25. The van der Waals surface area contributed by atoms with E-state index in [1.807, 2.05) is 0 Å². The van der Waals surface area contributed by atoms with Crippen molar-refractivity contribution in [1.82, 2.24) is 0 Å². The van der Waals surface area contributed by atoms with Gasteiger partial charge in [-0.05, 0) is 90.9 Å². The van der Waals surface area contributed by atoms with Gasteiger partial charge in [0.1, 0.15) is 97.7 Å². The van der Waals surface area contributed by atoms with Gasteiger partial charge in [-0.3, -0.25) is 0 Å². The summed E-state index contributed by atoms with van der Waals surface area (Å²) in [5, 5.41) is 148. The van der Waals surface area contributed by atoms with Crippen LogP contribution in [0.2, 0.25) is 0 Å². The Hall–Kier alpha value is -1.52. The number of ether oxygens (including phenoxy) is 11. The molecule has 6 aliphatic heterocycles. The molecular formula is C56H90O25. The third kappa shape index (κ3) is 11.7. The van der Waals surface area contributed by atoms with Crippen LogP contribution in [0.5, 0.6) is 0 Å². The highest BCUT2D eigenvalue weighted by molar-refractivity contribution is 5.37. The van der Waals surface area contributed by atoms with Crippen molar-refractivity contribution >= 4 is 0 Å². The molecule has 6 saturated heterocycles. The second-order valence-electron chi connectivity index (χ2n) is 25.5. The number of fused-ring (bicyclic) bond motifs is 7. The normalized spacial score (nSPS) is 52.6. The van der Waals surface area contributed by atoms with E-state index in [9.17, 15) is 71.5 Å². The smallest absolute Gasteiger partial charge is 0.187 e. The minimum atomic E-state index is -1.86. The first kappa shape index (κ1) is 62.5. The van der Waals surface area contributed by atoms with Crippen molar-refractivity contribution in [1.29, 1.82) is 0 Å². The van der Waals surface area contributed by atoms with Gasteiger partial charge in [-0.15, -0.1) is 0 Å². The maximum absolute atomic E-state index is 11.3. The molecule has 6 heterocycles. The molecule has 25 nitrogen and oxygen atoms in total. The number of allylic oxidation sites excluding steroid dienone is 3. The Labute approximate surface area is 471 Å². The fourth-order valence-corrected chi connectivity index (χ4v) is 15.7. The van der Waals surface area contributed by atoms with Crippen LogP contribution in [0.15, 0.2) is 23.8 Å². The summed E-state index contributed by atoms with van der Waals surface area (Å²) in [4.78, 5) is 0. The van der Waals surface area contributed by atoms with E-state index in [0.29, 0.717) is 35.5 Å². The van der Waals surface area contributed by atoms with Crippen LogP contribution in [0, 0.1) is 52.3 Å². The van der Waals surface area contributed by atoms with Crippen LogP contribution in [0.1, 0.15) is 79.1 Å². The van der Waals surface area contributed by atoms with E-state index in [2.05, 4.69) is 45.9 Å². The first-order chi connectivity index (χ1) is 38.6. The highest BCUT2D eigenvalue weighted by atomic mass is 16.8. The van der Waals surface area contributed by atoms with Crippen LogP contribution < -0.4 is 0 Å². The maximum Gasteiger partial charge on any atom is 0.187 e. The van der Waals surface area contributed by atoms with Crippen molar-refractivity contribution in [3.05, 3.63) is 23.8 Å². The van der Waals surface area contributed by atoms with Gasteiger partial charge in [0.15, 0.2) is 30.9 Å². The average molecular weight is 1160 g/mol. The maximum atomic E-state index is 11.3. The lowest BCUT2D eigenvalue weighted by molar-refractivity contribution is -0.363. The van der Waals surface area contributed by atoms with Crippen molar-refractivity contribution in [3.8, 4) is 0 Å². The zero-order valence-corrected chi connectivity index (χ0v) is 46.5. The summed E-state index contributed by atoms with van der Waals surface area (Å²) in [6.45, 7) is 6.80. The van der Waals surface area contributed by atoms with E-state index in [-0.39, 0.29) is 49.3 Å². The third-order valence-electron chi connectivity index (χ3n) is 20.7. The van der Waals surface area contributed by atoms with E-state index in [0.717, 1.165) is 51.6 Å². The van der Waals surface area contributed by atoms with Crippen molar-refractivity contribution < 1.29 is 124 Å². The summed E-state index contributed by atoms with van der Waals surface area (Å²) < 4.78 is 66.3. The Bertz CT molecular complexity index is 2050. The Morgan fingerprint density at radius 3 is 1.63 bits per heavy atom. The van der Waals surface area contributed by atoms with Gasteiger partial charge < -0.3 is 124 Å². The van der Waals surface area contributed by atoms with E-state index < -0.39 is 161 Å². The minimum Gasteiger partial charge on any atom is -0.394 e. The van der Waals surface area contributed by atoms with Crippen LogP contribution >= 0.6 is 0 Å². The lowest BCUT2D eigenvalue weighted by atomic mass is 9.48. The SMILES string of the molecule is C[C@@H]1CC[C@@]2(OC1)O[C@H]1C[C@H]3[C@@H]4C=CC5=C[C@@H](OCCC(CO[C@H]6O[C@H](CO)[C@@H](O[C@H]7O[C@H](CO)[C@@H](O)[C@H](O)[C@H]7O)[C@H](O)[C@H]6O)CO[C@H]6O[C@H](CO)[C@@H](O[C@H]7O[C@H](CO)[C@@H](O)[C@H](O)[C@H]7O)[C@H](O)[C@H]6O)CC[C@]5(C)[C@H]4CC[C@]3(C)[C@H]1[C@@H]2C. The predicted octanol–water partition coefficient (Wildman–Crippen LogP) is -3.20. The van der Waals surface area contributed by atoms with Crippen LogP contribution in [-0.4, -0.2) is 265 Å². The summed E-state index contributed by atoms with van der Waals surface area (Å²) >= 11 is 0. The lowest BCUT2D eigenvalue weighted by Gasteiger charge is -2.57. The molecule has 0 unspecified atom stereocenters. The second kappa shape index (κ2) is 25.3. The van der Waals surface area contributed by atoms with Crippen molar-refractivity contribution in [2.24, 2.45) is 52.3 Å². The van der Waals surface area contributed by atoms with Gasteiger partial charge >= 0.3 is 0 Å². The quantitative estimate of drug-likeness (QED) is 0.0643. The fourth-order valence-electron chi connectivity index (χ4n) is 15.7. The molecule has 1 spiro atoms. The zero-order valence-electron chi connectivity index (χ0n) is 46.5. The summed E-state index contributed by atoms with van der Waals surface area (Å²) in [7, 11) is 0. The van der Waals surface area contributed by atoms with Gasteiger partial charge in [0.25, 0.3) is 0 Å². The molecule has 0 aromatic carbocycles. The summed E-state index contributed by atoms with van der Waals surface area (Å²) in [5.74, 6) is 1.60. The molecule has 4 aliphatic carbocycles. The van der Waals surface area contributed by atoms with Gasteiger partial charge in [0, 0.05) is 24.9 Å². The Balaban J connectivity index is 0.798. The number of rotatable bonds is 18. The number of hydrogen-bond donors (Lipinski definition) is 14. The molecule has 10 aliphatic rings. The highest BCUT2D eigenvalue weighted by Crippen LogP contribution is 2.70. The van der Waals surface area contributed by atoms with Crippen LogP contribution in [-0.2, 0) is 52.1 Å². The van der Waals surface area contributed by atoms with Gasteiger partial charge in [-0.1, -0.05) is 45.9 Å². The molecule has 14 N–H and O–H groups in total. The van der Waals surface area contributed by atoms with Gasteiger partial charge in [0.05, 0.1) is 58.5 Å². The first-order valence-electron chi connectivity index (χ1n) is 29.4. The van der Waals surface area contributed by atoms with E-state index in [1.165, 1.54) is 5.57 Å². The van der Waals surface area contributed by atoms with Crippen LogP contribution in [0.25, 0.3) is 0 Å². The number of aliphatic hydroxyl groups is 14. The Morgan fingerprint density at radius 2 is 1.11 bits per heavy atom. The standard InChI is InChI=1S/C56H90O25/c1-24-7-13-56(74-21-24)25(2)37-32(81-56)16-31-29-6-5-27-15-28(8-11-54(27,3)30(29)9-12-55(31,37)4)71-14-10-26(22-72-50-46(69)42(65)48(35(19-59)77-50)79-52-44(67)40(63)38(61)33(17-57)75-52)23-73-51-47(70)43(66)49(36(20-60)78-51)80-53-45(68)41(64)39(62)34(18-58)76-53/h5-6,15,24-26,28-53,57-70H,7-14,16-23H2,1-4H3/t24-,25+,28+,29-,30+,31+,32+,33-,34-,35-,36-,37+,38-,39-,40+,41+,42-,43-,44-,45-,46-,47-,48-,49-,50+,51+,52-,53-,54+,55+,56-/m1/s1.